The molecule has 0 saturated heterocycles. The zero-order valence-corrected chi connectivity index (χ0v) is 17.8. The lowest BCUT2D eigenvalue weighted by Crippen LogP contribution is -2.49. The molecular formula is C22H33NO5. The Labute approximate surface area is 167 Å². The van der Waals surface area contributed by atoms with Gasteiger partial charge < -0.3 is 14.6 Å². The Morgan fingerprint density at radius 3 is 2.29 bits per heavy atom. The Kier molecular flexibility index (Phi) is 6.96. The van der Waals surface area contributed by atoms with Gasteiger partial charge in [0.25, 0.3) is 0 Å². The molecule has 0 heterocycles. The van der Waals surface area contributed by atoms with E-state index in [9.17, 15) is 14.7 Å². The first-order valence-corrected chi connectivity index (χ1v) is 9.89. The molecule has 0 aromatic heterocycles. The van der Waals surface area contributed by atoms with Crippen LogP contribution < -0.4 is 4.74 Å². The number of nitrogens with zero attached hydrogens (tertiary/aromatic N) is 1. The molecule has 0 unspecified atom stereocenters. The van der Waals surface area contributed by atoms with Crippen LogP contribution in [0.5, 0.6) is 5.75 Å². The number of carboxylic acids is 1. The molecule has 0 spiro atoms. The second-order valence-corrected chi connectivity index (χ2v) is 8.99. The molecule has 1 aromatic carbocycles. The molecule has 6 nitrogen and oxygen atoms in total. The predicted molar refractivity (Wildman–Crippen MR) is 108 cm³/mol. The average Bonchev–Trinajstić information content (AvgIpc) is 3.31. The van der Waals surface area contributed by atoms with Crippen molar-refractivity contribution in [2.75, 3.05) is 7.11 Å². The first kappa shape index (κ1) is 22.1. The molecule has 3 atom stereocenters. The fraction of sp³-hybridized carbons (Fsp3) is 0.636. The Morgan fingerprint density at radius 1 is 1.21 bits per heavy atom. The molecule has 0 bridgehead atoms. The van der Waals surface area contributed by atoms with Gasteiger partial charge in [-0.25, -0.2) is 9.59 Å². The van der Waals surface area contributed by atoms with Gasteiger partial charge in [0, 0.05) is 6.04 Å². The highest BCUT2D eigenvalue weighted by atomic mass is 16.6. The summed E-state index contributed by atoms with van der Waals surface area (Å²) in [7, 11) is 1.63. The highest BCUT2D eigenvalue weighted by molar-refractivity contribution is 5.80. The Bertz CT molecular complexity index is 677. The summed E-state index contributed by atoms with van der Waals surface area (Å²) >= 11 is 0. The van der Waals surface area contributed by atoms with Crippen LogP contribution in [0.2, 0.25) is 0 Å². The summed E-state index contributed by atoms with van der Waals surface area (Å²) in [6.45, 7) is 9.31. The van der Waals surface area contributed by atoms with Gasteiger partial charge in [-0.05, 0) is 69.6 Å². The minimum atomic E-state index is -0.977. The number of hydrogen-bond donors (Lipinski definition) is 1. The molecule has 0 aliphatic heterocycles. The molecule has 1 amide bonds. The quantitative estimate of drug-likeness (QED) is 0.712. The van der Waals surface area contributed by atoms with Gasteiger partial charge in [0.15, 0.2) is 0 Å². The van der Waals surface area contributed by atoms with Crippen LogP contribution in [-0.4, -0.2) is 46.9 Å². The van der Waals surface area contributed by atoms with Crippen molar-refractivity contribution in [2.24, 2.45) is 11.8 Å². The first-order chi connectivity index (χ1) is 13.0. The Morgan fingerprint density at radius 2 is 1.82 bits per heavy atom. The first-order valence-electron chi connectivity index (χ1n) is 9.89. The summed E-state index contributed by atoms with van der Waals surface area (Å²) in [6.07, 6.45) is 1.44. The number of ether oxygens (including phenoxy) is 2. The van der Waals surface area contributed by atoms with Crippen LogP contribution in [0.15, 0.2) is 24.3 Å². The van der Waals surface area contributed by atoms with Gasteiger partial charge >= 0.3 is 12.1 Å². The van der Waals surface area contributed by atoms with Crippen molar-refractivity contribution < 1.29 is 24.2 Å². The van der Waals surface area contributed by atoms with Crippen LogP contribution in [0.4, 0.5) is 4.79 Å². The summed E-state index contributed by atoms with van der Waals surface area (Å²) in [6, 6.07) is 6.86. The van der Waals surface area contributed by atoms with Gasteiger partial charge in [-0.3, -0.25) is 4.90 Å². The summed E-state index contributed by atoms with van der Waals surface area (Å²) < 4.78 is 10.7. The van der Waals surface area contributed by atoms with Crippen molar-refractivity contribution in [3.05, 3.63) is 29.8 Å². The number of aliphatic carboxylic acids is 1. The zero-order valence-electron chi connectivity index (χ0n) is 17.8. The van der Waals surface area contributed by atoms with Crippen LogP contribution in [0.25, 0.3) is 0 Å². The van der Waals surface area contributed by atoms with Crippen molar-refractivity contribution in [3.8, 4) is 5.75 Å². The SMILES string of the molecule is COc1ccc(C[C@H]2C[C@@H]2N(C(=O)OC(C)(C)C)[C@H](CC(C)C)C(=O)O)cc1. The van der Waals surface area contributed by atoms with E-state index in [1.807, 2.05) is 38.1 Å². The lowest BCUT2D eigenvalue weighted by molar-refractivity contribution is -0.144. The maximum absolute atomic E-state index is 12.9. The second-order valence-electron chi connectivity index (χ2n) is 8.99. The monoisotopic (exact) mass is 391 g/mol. The topological polar surface area (TPSA) is 76.1 Å². The third-order valence-electron chi connectivity index (χ3n) is 4.82. The van der Waals surface area contributed by atoms with E-state index < -0.39 is 23.7 Å². The van der Waals surface area contributed by atoms with Crippen molar-refractivity contribution in [3.63, 3.8) is 0 Å². The molecule has 1 aliphatic rings. The van der Waals surface area contributed by atoms with Gasteiger partial charge in [0.2, 0.25) is 0 Å². The maximum Gasteiger partial charge on any atom is 0.411 e. The number of carbonyl (C=O) groups is 2. The lowest BCUT2D eigenvalue weighted by Gasteiger charge is -2.32. The van der Waals surface area contributed by atoms with Crippen molar-refractivity contribution >= 4 is 12.1 Å². The van der Waals surface area contributed by atoms with Crippen LogP contribution >= 0.6 is 0 Å². The minimum Gasteiger partial charge on any atom is -0.497 e. The van der Waals surface area contributed by atoms with Crippen LogP contribution in [-0.2, 0) is 16.0 Å². The van der Waals surface area contributed by atoms with E-state index in [2.05, 4.69) is 0 Å². The summed E-state index contributed by atoms with van der Waals surface area (Å²) in [5, 5.41) is 9.79. The molecule has 1 fully saturated rings. The van der Waals surface area contributed by atoms with Gasteiger partial charge in [0.1, 0.15) is 17.4 Å². The molecule has 2 rings (SSSR count). The fourth-order valence-corrected chi connectivity index (χ4v) is 3.44. The van der Waals surface area contributed by atoms with E-state index >= 15 is 0 Å². The number of rotatable bonds is 8. The molecule has 0 radical (unpaired) electrons. The van der Waals surface area contributed by atoms with Gasteiger partial charge in [-0.15, -0.1) is 0 Å². The van der Waals surface area contributed by atoms with Crippen molar-refractivity contribution in [1.82, 2.24) is 4.90 Å². The van der Waals surface area contributed by atoms with Crippen LogP contribution in [0, 0.1) is 11.8 Å². The highest BCUT2D eigenvalue weighted by Crippen LogP contribution is 2.41. The second kappa shape index (κ2) is 8.84. The molecule has 1 saturated carbocycles. The minimum absolute atomic E-state index is 0.114. The number of hydrogen-bond acceptors (Lipinski definition) is 4. The lowest BCUT2D eigenvalue weighted by atomic mass is 10.0. The molecule has 1 aromatic rings. The number of benzene rings is 1. The highest BCUT2D eigenvalue weighted by Gasteiger charge is 2.49. The van der Waals surface area contributed by atoms with Crippen molar-refractivity contribution in [2.45, 2.75) is 71.6 Å². The standard InChI is InChI=1S/C22H33NO5/c1-14(2)11-19(20(24)25)23(21(26)28-22(3,4)5)18-13-16(18)12-15-7-9-17(27-6)10-8-15/h7-10,14,16,18-19H,11-13H2,1-6H3,(H,24,25)/t16-,18-,19+/m0/s1. The van der Waals surface area contributed by atoms with Gasteiger partial charge in [-0.2, -0.15) is 0 Å². The number of amides is 1. The number of carbonyl (C=O) groups excluding carboxylic acids is 1. The Balaban J connectivity index is 2.16. The maximum atomic E-state index is 12.9. The van der Waals surface area contributed by atoms with Gasteiger partial charge in [-0.1, -0.05) is 26.0 Å². The van der Waals surface area contributed by atoms with E-state index in [0.717, 1.165) is 24.2 Å². The molecule has 28 heavy (non-hydrogen) atoms. The van der Waals surface area contributed by atoms with E-state index in [1.54, 1.807) is 27.9 Å². The van der Waals surface area contributed by atoms with Crippen LogP contribution in [0.3, 0.4) is 0 Å². The fourth-order valence-electron chi connectivity index (χ4n) is 3.44. The average molecular weight is 392 g/mol. The Hall–Kier alpha value is -2.24. The van der Waals surface area contributed by atoms with E-state index in [0.29, 0.717) is 6.42 Å². The molecule has 6 heteroatoms. The largest absolute Gasteiger partial charge is 0.497 e. The molecule has 156 valence electrons. The number of methoxy groups -OCH3 is 1. The normalized spacial score (nSPS) is 19.8. The summed E-state index contributed by atoms with van der Waals surface area (Å²) in [5.74, 6) is 0.212. The smallest absolute Gasteiger partial charge is 0.411 e. The molecule has 1 N–H and O–H groups in total. The zero-order chi connectivity index (χ0) is 21.1. The van der Waals surface area contributed by atoms with E-state index in [4.69, 9.17) is 9.47 Å². The third-order valence-corrected chi connectivity index (χ3v) is 4.82. The van der Waals surface area contributed by atoms with Gasteiger partial charge in [0.05, 0.1) is 7.11 Å². The van der Waals surface area contributed by atoms with Crippen molar-refractivity contribution in [1.29, 1.82) is 0 Å². The van der Waals surface area contributed by atoms with Crippen LogP contribution in [0.1, 0.15) is 53.0 Å². The molecule has 1 aliphatic carbocycles. The summed E-state index contributed by atoms with van der Waals surface area (Å²) in [5.41, 5.74) is 0.476. The third kappa shape index (κ3) is 6.14. The summed E-state index contributed by atoms with van der Waals surface area (Å²) in [4.78, 5) is 26.3. The predicted octanol–water partition coefficient (Wildman–Crippen LogP) is 4.36. The van der Waals surface area contributed by atoms with E-state index in [1.165, 1.54) is 4.90 Å². The van der Waals surface area contributed by atoms with E-state index in [-0.39, 0.29) is 17.9 Å². The number of carboxylic acid groups (broad SMARTS) is 1. The molecular weight excluding hydrogens is 358 g/mol.